The average Bonchev–Trinajstić information content (AvgIpc) is 3.34. The molecule has 8 heteroatoms. The molecule has 0 aromatic heterocycles. The largest absolute Gasteiger partial charge is 0.497 e. The van der Waals surface area contributed by atoms with Gasteiger partial charge in [-0.15, -0.1) is 0 Å². The Balaban J connectivity index is 1.37. The minimum absolute atomic E-state index is 0.0705. The number of methoxy groups -OCH3 is 1. The van der Waals surface area contributed by atoms with Crippen LogP contribution in [0, 0.1) is 0 Å². The van der Waals surface area contributed by atoms with Crippen LogP contribution >= 0.6 is 0 Å². The maximum atomic E-state index is 12.6. The number of nitrogens with zero attached hydrogens (tertiary/aromatic N) is 1. The molecule has 3 aromatic rings. The van der Waals surface area contributed by atoms with E-state index in [0.717, 1.165) is 19.6 Å². The standard InChI is InChI=1S/C25H27N3O4S/c1-32-23-12-10-22(11-13-23)27-33(30,31)24-14-6-20(7-15-24)25(29)26-21-8-4-19(5-9-21)18-28-16-2-3-17-28/h4-15,27H,2-3,16-18H2,1H3,(H,26,29). The van der Waals surface area contributed by atoms with Crippen LogP contribution in [0.3, 0.4) is 0 Å². The molecule has 1 heterocycles. The minimum atomic E-state index is -3.78. The van der Waals surface area contributed by atoms with Gasteiger partial charge in [0.05, 0.1) is 12.0 Å². The topological polar surface area (TPSA) is 87.7 Å². The first-order chi connectivity index (χ1) is 15.9. The lowest BCUT2D eigenvalue weighted by molar-refractivity contribution is 0.102. The molecule has 0 unspecified atom stereocenters. The third kappa shape index (κ3) is 5.91. The molecule has 0 atom stereocenters. The lowest BCUT2D eigenvalue weighted by Gasteiger charge is -2.14. The Bertz CT molecular complexity index is 1190. The second-order valence-electron chi connectivity index (χ2n) is 7.99. The van der Waals surface area contributed by atoms with Gasteiger partial charge in [-0.25, -0.2) is 8.42 Å². The second kappa shape index (κ2) is 10.1. The van der Waals surface area contributed by atoms with Gasteiger partial charge in [-0.05, 0) is 92.2 Å². The van der Waals surface area contributed by atoms with Gasteiger partial charge >= 0.3 is 0 Å². The molecule has 7 nitrogen and oxygen atoms in total. The summed E-state index contributed by atoms with van der Waals surface area (Å²) in [5.41, 5.74) is 2.71. The molecule has 4 rings (SSSR count). The van der Waals surface area contributed by atoms with Crippen molar-refractivity contribution in [2.75, 3.05) is 30.2 Å². The van der Waals surface area contributed by atoms with Crippen LogP contribution in [0.1, 0.15) is 28.8 Å². The molecule has 0 radical (unpaired) electrons. The summed E-state index contributed by atoms with van der Waals surface area (Å²) in [6.07, 6.45) is 2.51. The number of sulfonamides is 1. The smallest absolute Gasteiger partial charge is 0.261 e. The van der Waals surface area contributed by atoms with Crippen molar-refractivity contribution in [3.8, 4) is 5.75 Å². The second-order valence-corrected chi connectivity index (χ2v) is 9.68. The van der Waals surface area contributed by atoms with E-state index < -0.39 is 10.0 Å². The van der Waals surface area contributed by atoms with Crippen LogP contribution in [0.5, 0.6) is 5.75 Å². The Labute approximate surface area is 194 Å². The van der Waals surface area contributed by atoms with Crippen LogP contribution < -0.4 is 14.8 Å². The van der Waals surface area contributed by atoms with Crippen molar-refractivity contribution < 1.29 is 17.9 Å². The maximum Gasteiger partial charge on any atom is 0.261 e. The fourth-order valence-electron chi connectivity index (χ4n) is 3.75. The number of likely N-dealkylation sites (tertiary alicyclic amines) is 1. The van der Waals surface area contributed by atoms with Gasteiger partial charge in [-0.2, -0.15) is 0 Å². The quantitative estimate of drug-likeness (QED) is 0.517. The van der Waals surface area contributed by atoms with Gasteiger partial charge in [0.1, 0.15) is 5.75 Å². The minimum Gasteiger partial charge on any atom is -0.497 e. The molecular weight excluding hydrogens is 438 g/mol. The summed E-state index contributed by atoms with van der Waals surface area (Å²) >= 11 is 0. The van der Waals surface area contributed by atoms with Crippen molar-refractivity contribution in [1.82, 2.24) is 4.90 Å². The van der Waals surface area contributed by atoms with Gasteiger partial charge in [0.25, 0.3) is 15.9 Å². The van der Waals surface area contributed by atoms with Crippen molar-refractivity contribution in [1.29, 1.82) is 0 Å². The highest BCUT2D eigenvalue weighted by molar-refractivity contribution is 7.92. The molecule has 1 amide bonds. The first kappa shape index (κ1) is 22.8. The van der Waals surface area contributed by atoms with E-state index in [1.165, 1.54) is 42.7 Å². The zero-order valence-electron chi connectivity index (χ0n) is 18.5. The summed E-state index contributed by atoms with van der Waals surface area (Å²) in [5, 5.41) is 2.86. The van der Waals surface area contributed by atoms with E-state index in [4.69, 9.17) is 4.74 Å². The third-order valence-electron chi connectivity index (χ3n) is 5.59. The van der Waals surface area contributed by atoms with Crippen molar-refractivity contribution in [2.45, 2.75) is 24.3 Å². The zero-order chi connectivity index (χ0) is 23.3. The van der Waals surface area contributed by atoms with Gasteiger partial charge in [-0.1, -0.05) is 12.1 Å². The van der Waals surface area contributed by atoms with Gasteiger partial charge in [0.15, 0.2) is 0 Å². The van der Waals surface area contributed by atoms with Gasteiger partial charge < -0.3 is 10.1 Å². The highest BCUT2D eigenvalue weighted by atomic mass is 32.2. The first-order valence-electron chi connectivity index (χ1n) is 10.8. The predicted octanol–water partition coefficient (Wildman–Crippen LogP) is 4.34. The molecule has 33 heavy (non-hydrogen) atoms. The monoisotopic (exact) mass is 465 g/mol. The number of carbonyl (C=O) groups excluding carboxylic acids is 1. The Morgan fingerprint density at radius 2 is 1.48 bits per heavy atom. The van der Waals surface area contributed by atoms with Crippen LogP contribution in [0.2, 0.25) is 0 Å². The molecule has 0 aliphatic carbocycles. The van der Waals surface area contributed by atoms with Gasteiger partial charge in [0.2, 0.25) is 0 Å². The molecular formula is C25H27N3O4S. The molecule has 1 aliphatic rings. The summed E-state index contributed by atoms with van der Waals surface area (Å²) < 4.78 is 32.9. The molecule has 1 saturated heterocycles. The van der Waals surface area contributed by atoms with Crippen LogP contribution in [-0.4, -0.2) is 39.4 Å². The Morgan fingerprint density at radius 1 is 0.879 bits per heavy atom. The first-order valence-corrected chi connectivity index (χ1v) is 12.3. The Kier molecular flexibility index (Phi) is 6.96. The zero-order valence-corrected chi connectivity index (χ0v) is 19.3. The molecule has 3 aromatic carbocycles. The lowest BCUT2D eigenvalue weighted by atomic mass is 10.1. The number of carbonyl (C=O) groups is 1. The number of benzene rings is 3. The van der Waals surface area contributed by atoms with Gasteiger partial charge in [-0.3, -0.25) is 14.4 Å². The number of amides is 1. The van der Waals surface area contributed by atoms with E-state index in [9.17, 15) is 13.2 Å². The summed E-state index contributed by atoms with van der Waals surface area (Å²) in [5.74, 6) is 0.337. The maximum absolute atomic E-state index is 12.6. The fraction of sp³-hybridized carbons (Fsp3) is 0.240. The Hall–Kier alpha value is -3.36. The van der Waals surface area contributed by atoms with E-state index in [-0.39, 0.29) is 10.8 Å². The van der Waals surface area contributed by atoms with E-state index >= 15 is 0 Å². The van der Waals surface area contributed by atoms with Crippen molar-refractivity contribution in [2.24, 2.45) is 0 Å². The lowest BCUT2D eigenvalue weighted by Crippen LogP contribution is -2.18. The number of hydrogen-bond acceptors (Lipinski definition) is 5. The van der Waals surface area contributed by atoms with Gasteiger partial charge in [0, 0.05) is 23.5 Å². The van der Waals surface area contributed by atoms with Crippen molar-refractivity contribution in [3.63, 3.8) is 0 Å². The van der Waals surface area contributed by atoms with Crippen molar-refractivity contribution >= 4 is 27.3 Å². The predicted molar refractivity (Wildman–Crippen MR) is 129 cm³/mol. The Morgan fingerprint density at radius 3 is 2.09 bits per heavy atom. The molecule has 2 N–H and O–H groups in total. The highest BCUT2D eigenvalue weighted by Gasteiger charge is 2.16. The van der Waals surface area contributed by atoms with E-state index in [1.807, 2.05) is 24.3 Å². The SMILES string of the molecule is COc1ccc(NS(=O)(=O)c2ccc(C(=O)Nc3ccc(CN4CCCC4)cc3)cc2)cc1. The molecule has 1 aliphatic heterocycles. The summed E-state index contributed by atoms with van der Waals surface area (Å²) in [6, 6.07) is 20.2. The molecule has 172 valence electrons. The fourth-order valence-corrected chi connectivity index (χ4v) is 4.81. The number of rotatable bonds is 8. The van der Waals surface area contributed by atoms with Crippen LogP contribution in [0.25, 0.3) is 0 Å². The number of nitrogens with one attached hydrogen (secondary N) is 2. The number of anilines is 2. The molecule has 1 fully saturated rings. The summed E-state index contributed by atoms with van der Waals surface area (Å²) in [4.78, 5) is 15.1. The van der Waals surface area contributed by atoms with Crippen LogP contribution in [0.15, 0.2) is 77.7 Å². The molecule has 0 saturated carbocycles. The van der Waals surface area contributed by atoms with E-state index in [0.29, 0.717) is 22.7 Å². The highest BCUT2D eigenvalue weighted by Crippen LogP contribution is 2.20. The summed E-state index contributed by atoms with van der Waals surface area (Å²) in [6.45, 7) is 3.20. The van der Waals surface area contributed by atoms with E-state index in [1.54, 1.807) is 31.4 Å². The molecule has 0 spiro atoms. The molecule has 0 bridgehead atoms. The van der Waals surface area contributed by atoms with Crippen molar-refractivity contribution in [3.05, 3.63) is 83.9 Å². The third-order valence-corrected chi connectivity index (χ3v) is 6.98. The van der Waals surface area contributed by atoms with Crippen LogP contribution in [-0.2, 0) is 16.6 Å². The number of hydrogen-bond donors (Lipinski definition) is 2. The normalized spacial score (nSPS) is 14.1. The summed E-state index contributed by atoms with van der Waals surface area (Å²) in [7, 11) is -2.23. The van der Waals surface area contributed by atoms with Crippen LogP contribution in [0.4, 0.5) is 11.4 Å². The van der Waals surface area contributed by atoms with E-state index in [2.05, 4.69) is 14.9 Å². The number of ether oxygens (including phenoxy) is 1. The average molecular weight is 466 g/mol.